The van der Waals surface area contributed by atoms with Crippen LogP contribution in [-0.4, -0.2) is 26.0 Å². The van der Waals surface area contributed by atoms with Gasteiger partial charge in [0.05, 0.1) is 26.2 Å². The van der Waals surface area contributed by atoms with E-state index in [1.807, 2.05) is 17.5 Å². The Bertz CT molecular complexity index is 668. The van der Waals surface area contributed by atoms with Gasteiger partial charge in [-0.25, -0.2) is 4.79 Å². The van der Waals surface area contributed by atoms with Crippen molar-refractivity contribution in [3.63, 3.8) is 0 Å². The summed E-state index contributed by atoms with van der Waals surface area (Å²) in [5, 5.41) is 4.42. The number of hydrogen-bond donors (Lipinski definition) is 2. The van der Waals surface area contributed by atoms with Crippen LogP contribution in [0.5, 0.6) is 11.5 Å². The SMILES string of the molecule is COc1ccc(C(=O)O[NH+]=C(N)Cc2cccs2)cc1OC. The molecule has 116 valence electrons. The van der Waals surface area contributed by atoms with Gasteiger partial charge in [-0.3, -0.25) is 10.6 Å². The Kier molecular flexibility index (Phi) is 5.37. The van der Waals surface area contributed by atoms with Crippen molar-refractivity contribution in [3.05, 3.63) is 46.2 Å². The van der Waals surface area contributed by atoms with Crippen molar-refractivity contribution in [2.75, 3.05) is 14.2 Å². The zero-order valence-corrected chi connectivity index (χ0v) is 13.1. The number of benzene rings is 1. The van der Waals surface area contributed by atoms with Gasteiger partial charge in [0.1, 0.15) is 0 Å². The fourth-order valence-electron chi connectivity index (χ4n) is 1.77. The maximum atomic E-state index is 12.0. The Hall–Kier alpha value is -2.54. The second-order valence-corrected chi connectivity index (χ2v) is 5.37. The molecule has 3 N–H and O–H groups in total. The number of hydrogen-bond acceptors (Lipinski definition) is 5. The Labute approximate surface area is 132 Å². The van der Waals surface area contributed by atoms with Crippen LogP contribution in [0.3, 0.4) is 0 Å². The molecule has 1 heterocycles. The van der Waals surface area contributed by atoms with Gasteiger partial charge in [0.2, 0.25) is 0 Å². The zero-order chi connectivity index (χ0) is 15.9. The molecule has 0 aliphatic rings. The predicted octanol–water partition coefficient (Wildman–Crippen LogP) is 0.518. The molecule has 0 radical (unpaired) electrons. The highest BCUT2D eigenvalue weighted by Crippen LogP contribution is 2.27. The van der Waals surface area contributed by atoms with E-state index in [1.165, 1.54) is 20.3 Å². The number of carbonyl (C=O) groups is 1. The Morgan fingerprint density at radius 3 is 2.64 bits per heavy atom. The van der Waals surface area contributed by atoms with Crippen molar-refractivity contribution in [3.8, 4) is 11.5 Å². The van der Waals surface area contributed by atoms with Crippen molar-refractivity contribution >= 4 is 23.1 Å². The molecule has 0 aliphatic carbocycles. The molecule has 0 saturated heterocycles. The van der Waals surface area contributed by atoms with Gasteiger partial charge in [-0.1, -0.05) is 11.2 Å². The van der Waals surface area contributed by atoms with Crippen LogP contribution in [0.2, 0.25) is 0 Å². The summed E-state index contributed by atoms with van der Waals surface area (Å²) in [5.74, 6) is 0.787. The first kappa shape index (κ1) is 15.8. The predicted molar refractivity (Wildman–Crippen MR) is 83.1 cm³/mol. The third-order valence-electron chi connectivity index (χ3n) is 2.84. The number of nitrogens with one attached hydrogen (secondary N) is 1. The van der Waals surface area contributed by atoms with E-state index in [2.05, 4.69) is 5.16 Å². The maximum absolute atomic E-state index is 12.0. The number of methoxy groups -OCH3 is 2. The summed E-state index contributed by atoms with van der Waals surface area (Å²) in [6.45, 7) is 0. The van der Waals surface area contributed by atoms with Crippen LogP contribution in [0.15, 0.2) is 35.7 Å². The first-order chi connectivity index (χ1) is 10.6. The number of thiophene rings is 1. The average Bonchev–Trinajstić information content (AvgIpc) is 3.04. The molecule has 1 aromatic carbocycles. The van der Waals surface area contributed by atoms with Gasteiger partial charge >= 0.3 is 5.97 Å². The first-order valence-electron chi connectivity index (χ1n) is 6.47. The lowest BCUT2D eigenvalue weighted by molar-refractivity contribution is -0.722. The van der Waals surface area contributed by atoms with Crippen LogP contribution in [0.25, 0.3) is 0 Å². The minimum Gasteiger partial charge on any atom is -0.493 e. The molecule has 7 heteroatoms. The fourth-order valence-corrected chi connectivity index (χ4v) is 2.50. The van der Waals surface area contributed by atoms with E-state index in [4.69, 9.17) is 20.0 Å². The highest BCUT2D eigenvalue weighted by molar-refractivity contribution is 7.10. The molecule has 2 aromatic rings. The Morgan fingerprint density at radius 2 is 2.00 bits per heavy atom. The highest BCUT2D eigenvalue weighted by atomic mass is 32.1. The lowest BCUT2D eigenvalue weighted by atomic mass is 10.2. The maximum Gasteiger partial charge on any atom is 0.388 e. The topological polar surface area (TPSA) is 84.8 Å². The molecule has 6 nitrogen and oxygen atoms in total. The zero-order valence-electron chi connectivity index (χ0n) is 12.3. The molecule has 0 bridgehead atoms. The number of rotatable bonds is 6. The van der Waals surface area contributed by atoms with Crippen molar-refractivity contribution in [2.45, 2.75) is 6.42 Å². The normalized spacial score (nSPS) is 11.1. The Balaban J connectivity index is 2.02. The average molecular weight is 321 g/mol. The standard InChI is InChI=1S/C15H16N2O4S/c1-19-12-6-5-10(8-13(12)20-2)15(18)21-17-14(16)9-11-4-3-7-22-11/h3-8H,9H2,1-2H3,(H2,16,17)/p+1. The largest absolute Gasteiger partial charge is 0.493 e. The smallest absolute Gasteiger partial charge is 0.388 e. The van der Waals surface area contributed by atoms with E-state index in [1.54, 1.807) is 23.5 Å². The summed E-state index contributed by atoms with van der Waals surface area (Å²) < 4.78 is 10.3. The molecular formula is C15H17N2O4S+. The number of nitrogens with two attached hydrogens (primary N) is 1. The summed E-state index contributed by atoms with van der Waals surface area (Å²) in [6, 6.07) is 8.64. The summed E-state index contributed by atoms with van der Waals surface area (Å²) >= 11 is 1.58. The van der Waals surface area contributed by atoms with Gasteiger partial charge < -0.3 is 9.47 Å². The van der Waals surface area contributed by atoms with Crippen molar-refractivity contribution in [1.29, 1.82) is 0 Å². The molecule has 0 fully saturated rings. The lowest BCUT2D eigenvalue weighted by Crippen LogP contribution is -2.75. The van der Waals surface area contributed by atoms with E-state index in [9.17, 15) is 4.79 Å². The van der Waals surface area contributed by atoms with Crippen LogP contribution in [0.4, 0.5) is 0 Å². The molecular weight excluding hydrogens is 304 g/mol. The van der Waals surface area contributed by atoms with Crippen molar-refractivity contribution in [2.24, 2.45) is 5.73 Å². The third kappa shape index (κ3) is 3.98. The number of amidine groups is 1. The summed E-state index contributed by atoms with van der Waals surface area (Å²) in [4.78, 5) is 18.0. The Morgan fingerprint density at radius 1 is 1.23 bits per heavy atom. The quantitative estimate of drug-likeness (QED) is 0.351. The van der Waals surface area contributed by atoms with Gasteiger partial charge in [-0.05, 0) is 29.6 Å². The summed E-state index contributed by atoms with van der Waals surface area (Å²) in [7, 11) is 3.02. The van der Waals surface area contributed by atoms with Crippen LogP contribution in [0.1, 0.15) is 15.2 Å². The van der Waals surface area contributed by atoms with E-state index in [-0.39, 0.29) is 0 Å². The van der Waals surface area contributed by atoms with Gasteiger partial charge in [-0.15, -0.1) is 11.3 Å². The molecule has 0 unspecified atom stereocenters. The lowest BCUT2D eigenvalue weighted by Gasteiger charge is -2.07. The summed E-state index contributed by atoms with van der Waals surface area (Å²) in [6.07, 6.45) is 0.497. The number of ether oxygens (including phenoxy) is 2. The minimum absolute atomic E-state index is 0.328. The molecule has 0 aliphatic heterocycles. The van der Waals surface area contributed by atoms with E-state index < -0.39 is 5.97 Å². The third-order valence-corrected chi connectivity index (χ3v) is 3.72. The molecule has 0 spiro atoms. The van der Waals surface area contributed by atoms with Crippen LogP contribution < -0.4 is 20.4 Å². The minimum atomic E-state index is -0.560. The molecule has 0 atom stereocenters. The van der Waals surface area contributed by atoms with Crippen molar-refractivity contribution < 1.29 is 24.3 Å². The monoisotopic (exact) mass is 321 g/mol. The van der Waals surface area contributed by atoms with Crippen molar-refractivity contribution in [1.82, 2.24) is 0 Å². The van der Waals surface area contributed by atoms with Crippen LogP contribution >= 0.6 is 11.3 Å². The second-order valence-electron chi connectivity index (χ2n) is 4.34. The van der Waals surface area contributed by atoms with E-state index in [0.717, 1.165) is 4.88 Å². The molecule has 1 aromatic heterocycles. The molecule has 22 heavy (non-hydrogen) atoms. The van der Waals surface area contributed by atoms with E-state index in [0.29, 0.717) is 29.3 Å². The van der Waals surface area contributed by atoms with Gasteiger partial charge in [-0.2, -0.15) is 0 Å². The second kappa shape index (κ2) is 7.46. The van der Waals surface area contributed by atoms with Crippen LogP contribution in [-0.2, 0) is 11.3 Å². The fraction of sp³-hybridized carbons (Fsp3) is 0.200. The number of carbonyl (C=O) groups excluding carboxylic acids is 1. The molecule has 0 saturated carbocycles. The van der Waals surface area contributed by atoms with E-state index >= 15 is 0 Å². The first-order valence-corrected chi connectivity index (χ1v) is 7.35. The highest BCUT2D eigenvalue weighted by Gasteiger charge is 2.14. The molecule has 2 rings (SSSR count). The molecule has 0 amide bonds. The van der Waals surface area contributed by atoms with Gasteiger partial charge in [0, 0.05) is 4.88 Å². The van der Waals surface area contributed by atoms with Gasteiger partial charge in [0.25, 0.3) is 5.84 Å². The summed E-state index contributed by atoms with van der Waals surface area (Å²) in [5.41, 5.74) is 6.11. The van der Waals surface area contributed by atoms with Crippen LogP contribution in [0, 0.1) is 0 Å². The van der Waals surface area contributed by atoms with Gasteiger partial charge in [0.15, 0.2) is 11.5 Å².